The molecule has 108 valence electrons. The van der Waals surface area contributed by atoms with Crippen molar-refractivity contribution >= 4 is 16.3 Å². The van der Waals surface area contributed by atoms with Crippen molar-refractivity contribution in [3.8, 4) is 0 Å². The van der Waals surface area contributed by atoms with Crippen molar-refractivity contribution in [2.45, 2.75) is 25.2 Å². The Kier molecular flexibility index (Phi) is 3.08. The van der Waals surface area contributed by atoms with Crippen LogP contribution < -0.4 is 5.32 Å². The monoisotopic (exact) mass is 297 g/mol. The van der Waals surface area contributed by atoms with Crippen LogP contribution in [0.25, 0.3) is 4.96 Å². The molecular formula is C17H19N3S. The van der Waals surface area contributed by atoms with Crippen LogP contribution in [0.4, 0.5) is 0 Å². The van der Waals surface area contributed by atoms with E-state index in [1.54, 1.807) is 11.3 Å². The molecule has 0 saturated carbocycles. The van der Waals surface area contributed by atoms with Gasteiger partial charge in [0.2, 0.25) is 0 Å². The van der Waals surface area contributed by atoms with E-state index in [0.29, 0.717) is 0 Å². The zero-order valence-electron chi connectivity index (χ0n) is 12.2. The van der Waals surface area contributed by atoms with E-state index in [1.165, 1.54) is 16.1 Å². The molecule has 0 spiro atoms. The first-order valence-electron chi connectivity index (χ1n) is 7.50. The van der Waals surface area contributed by atoms with Crippen molar-refractivity contribution in [2.24, 2.45) is 0 Å². The Bertz CT molecular complexity index is 719. The predicted molar refractivity (Wildman–Crippen MR) is 87.1 cm³/mol. The normalized spacial score (nSPS) is 18.1. The summed E-state index contributed by atoms with van der Waals surface area (Å²) >= 11 is 1.77. The lowest BCUT2D eigenvalue weighted by atomic mass is 9.71. The maximum absolute atomic E-state index is 4.96. The lowest BCUT2D eigenvalue weighted by Crippen LogP contribution is -2.41. The third-order valence-corrected chi connectivity index (χ3v) is 5.46. The van der Waals surface area contributed by atoms with Gasteiger partial charge in [-0.05, 0) is 38.4 Å². The van der Waals surface area contributed by atoms with Gasteiger partial charge in [-0.15, -0.1) is 11.3 Å². The molecule has 1 aliphatic rings. The van der Waals surface area contributed by atoms with Gasteiger partial charge in [0.25, 0.3) is 0 Å². The number of piperidine rings is 1. The lowest BCUT2D eigenvalue weighted by molar-refractivity contribution is 0.355. The average Bonchev–Trinajstić information content (AvgIpc) is 3.06. The Hall–Kier alpha value is -1.65. The van der Waals surface area contributed by atoms with Gasteiger partial charge in [0, 0.05) is 22.7 Å². The molecule has 3 nitrogen and oxygen atoms in total. The van der Waals surface area contributed by atoms with Crippen molar-refractivity contribution in [3.05, 3.63) is 58.9 Å². The number of aromatic nitrogens is 2. The van der Waals surface area contributed by atoms with Crippen LogP contribution in [-0.4, -0.2) is 22.5 Å². The molecule has 0 aliphatic carbocycles. The molecular weight excluding hydrogens is 278 g/mol. The largest absolute Gasteiger partial charge is 0.317 e. The first kappa shape index (κ1) is 13.0. The molecule has 0 atom stereocenters. The van der Waals surface area contributed by atoms with Crippen LogP contribution in [0.1, 0.15) is 29.0 Å². The van der Waals surface area contributed by atoms with E-state index < -0.39 is 0 Å². The van der Waals surface area contributed by atoms with Gasteiger partial charge in [-0.25, -0.2) is 4.98 Å². The first-order valence-corrected chi connectivity index (χ1v) is 8.31. The summed E-state index contributed by atoms with van der Waals surface area (Å²) in [4.78, 5) is 7.38. The number of rotatable bonds is 2. The number of nitrogens with one attached hydrogen (secondary N) is 1. The number of aryl methyl sites for hydroxylation is 1. The number of thiazole rings is 1. The fourth-order valence-electron chi connectivity index (χ4n) is 3.44. The van der Waals surface area contributed by atoms with Gasteiger partial charge in [-0.3, -0.25) is 4.40 Å². The van der Waals surface area contributed by atoms with E-state index in [1.807, 2.05) is 0 Å². The topological polar surface area (TPSA) is 29.3 Å². The first-order chi connectivity index (χ1) is 10.3. The van der Waals surface area contributed by atoms with Gasteiger partial charge >= 0.3 is 0 Å². The molecule has 4 heteroatoms. The van der Waals surface area contributed by atoms with Crippen LogP contribution in [0.3, 0.4) is 0 Å². The molecule has 0 unspecified atom stereocenters. The van der Waals surface area contributed by atoms with Crippen molar-refractivity contribution in [3.63, 3.8) is 0 Å². The number of hydrogen-bond acceptors (Lipinski definition) is 3. The van der Waals surface area contributed by atoms with Crippen LogP contribution in [0.5, 0.6) is 0 Å². The number of benzene rings is 1. The van der Waals surface area contributed by atoms with E-state index in [0.717, 1.165) is 30.9 Å². The van der Waals surface area contributed by atoms with Gasteiger partial charge < -0.3 is 5.32 Å². The minimum absolute atomic E-state index is 0.0617. The maximum atomic E-state index is 4.96. The summed E-state index contributed by atoms with van der Waals surface area (Å²) in [5.41, 5.74) is 2.68. The van der Waals surface area contributed by atoms with E-state index in [9.17, 15) is 0 Å². The minimum atomic E-state index is 0.0617. The second-order valence-corrected chi connectivity index (χ2v) is 7.07. The third kappa shape index (κ3) is 2.10. The van der Waals surface area contributed by atoms with E-state index in [2.05, 4.69) is 59.4 Å². The highest BCUT2D eigenvalue weighted by Crippen LogP contribution is 2.40. The molecule has 1 aromatic carbocycles. The molecule has 3 heterocycles. The van der Waals surface area contributed by atoms with E-state index in [-0.39, 0.29) is 5.41 Å². The van der Waals surface area contributed by atoms with Crippen LogP contribution in [0.2, 0.25) is 0 Å². The molecule has 1 aliphatic heterocycles. The summed E-state index contributed by atoms with van der Waals surface area (Å²) in [6.07, 6.45) is 6.63. The second-order valence-electron chi connectivity index (χ2n) is 5.86. The Morgan fingerprint density at radius 3 is 2.62 bits per heavy atom. The zero-order chi connectivity index (χ0) is 14.3. The third-order valence-electron chi connectivity index (χ3n) is 4.55. The predicted octanol–water partition coefficient (Wildman–Crippen LogP) is 3.37. The Labute approximate surface area is 128 Å². The average molecular weight is 297 g/mol. The van der Waals surface area contributed by atoms with Crippen molar-refractivity contribution in [2.75, 3.05) is 13.1 Å². The number of imidazole rings is 1. The Morgan fingerprint density at radius 2 is 1.90 bits per heavy atom. The van der Waals surface area contributed by atoms with Gasteiger partial charge in [-0.1, -0.05) is 30.3 Å². The molecule has 4 rings (SSSR count). The Morgan fingerprint density at radius 1 is 1.14 bits per heavy atom. The fourth-order valence-corrected chi connectivity index (χ4v) is 4.25. The number of fused-ring (bicyclic) bond motifs is 1. The van der Waals surface area contributed by atoms with Crippen LogP contribution in [0, 0.1) is 6.92 Å². The van der Waals surface area contributed by atoms with Crippen LogP contribution >= 0.6 is 11.3 Å². The summed E-state index contributed by atoms with van der Waals surface area (Å²) in [6.45, 7) is 4.24. The molecule has 21 heavy (non-hydrogen) atoms. The van der Waals surface area contributed by atoms with Gasteiger partial charge in [0.05, 0.1) is 5.69 Å². The highest BCUT2D eigenvalue weighted by Gasteiger charge is 2.37. The Balaban J connectivity index is 1.87. The lowest BCUT2D eigenvalue weighted by Gasteiger charge is -2.36. The van der Waals surface area contributed by atoms with Crippen molar-refractivity contribution in [1.29, 1.82) is 0 Å². The van der Waals surface area contributed by atoms with E-state index in [4.69, 9.17) is 4.98 Å². The van der Waals surface area contributed by atoms with Gasteiger partial charge in [0.1, 0.15) is 0 Å². The van der Waals surface area contributed by atoms with Crippen LogP contribution in [-0.2, 0) is 5.41 Å². The molecule has 1 fully saturated rings. The standard InChI is InChI=1S/C17H19N3S/c1-13-11-20-12-15(19-16(20)21-13)17(7-9-18-10-8-17)14-5-3-2-4-6-14/h2-6,11-12,18H,7-10H2,1H3. The van der Waals surface area contributed by atoms with Crippen LogP contribution in [0.15, 0.2) is 42.7 Å². The zero-order valence-corrected chi connectivity index (χ0v) is 13.0. The SMILES string of the molecule is Cc1cn2cc(C3(c4ccccc4)CCNCC3)nc2s1. The molecule has 1 saturated heterocycles. The highest BCUT2D eigenvalue weighted by atomic mass is 32.1. The van der Waals surface area contributed by atoms with Crippen molar-refractivity contribution < 1.29 is 0 Å². The molecule has 1 N–H and O–H groups in total. The highest BCUT2D eigenvalue weighted by molar-refractivity contribution is 7.16. The van der Waals surface area contributed by atoms with Gasteiger partial charge in [0.15, 0.2) is 4.96 Å². The van der Waals surface area contributed by atoms with Crippen molar-refractivity contribution in [1.82, 2.24) is 14.7 Å². The summed E-state index contributed by atoms with van der Waals surface area (Å²) in [5.74, 6) is 0. The smallest absolute Gasteiger partial charge is 0.194 e. The number of nitrogens with zero attached hydrogens (tertiary/aromatic N) is 2. The summed E-state index contributed by atoms with van der Waals surface area (Å²) in [6, 6.07) is 10.9. The number of hydrogen-bond donors (Lipinski definition) is 1. The summed E-state index contributed by atoms with van der Waals surface area (Å²) < 4.78 is 2.18. The molecule has 2 aromatic heterocycles. The maximum Gasteiger partial charge on any atom is 0.194 e. The summed E-state index contributed by atoms with van der Waals surface area (Å²) in [5, 5.41) is 3.48. The molecule has 0 radical (unpaired) electrons. The fraction of sp³-hybridized carbons (Fsp3) is 0.353. The summed E-state index contributed by atoms with van der Waals surface area (Å²) in [7, 11) is 0. The van der Waals surface area contributed by atoms with Gasteiger partial charge in [-0.2, -0.15) is 0 Å². The quantitative estimate of drug-likeness (QED) is 0.786. The second kappa shape index (κ2) is 4.97. The molecule has 0 bridgehead atoms. The molecule has 3 aromatic rings. The molecule has 0 amide bonds. The minimum Gasteiger partial charge on any atom is -0.317 e. The van der Waals surface area contributed by atoms with E-state index >= 15 is 0 Å².